The number of carbonyl (C=O) groups is 1. The topological polar surface area (TPSA) is 55.1 Å². The lowest BCUT2D eigenvalue weighted by Crippen LogP contribution is -2.12. The molecule has 0 fully saturated rings. The number of carbonyl (C=O) groups excluding carboxylic acids is 1. The molecule has 0 aliphatic rings. The van der Waals surface area contributed by atoms with Crippen LogP contribution in [-0.4, -0.2) is 5.91 Å². The third-order valence-corrected chi connectivity index (χ3v) is 3.08. The number of rotatable bonds is 2. The van der Waals surface area contributed by atoms with Crippen LogP contribution in [0.1, 0.15) is 10.4 Å². The van der Waals surface area contributed by atoms with Gasteiger partial charge in [-0.2, -0.15) is 0 Å². The molecule has 0 aliphatic carbocycles. The third kappa shape index (κ3) is 3.08. The van der Waals surface area contributed by atoms with Gasteiger partial charge in [0.05, 0.1) is 10.2 Å². The maximum atomic E-state index is 13.3. The van der Waals surface area contributed by atoms with E-state index in [1.165, 1.54) is 30.3 Å². The van der Waals surface area contributed by atoms with Gasteiger partial charge in [0.15, 0.2) is 0 Å². The summed E-state index contributed by atoms with van der Waals surface area (Å²) in [4.78, 5) is 11.9. The van der Waals surface area contributed by atoms with E-state index < -0.39 is 17.5 Å². The number of hydrogen-bond donors (Lipinski definition) is 2. The standard InChI is InChI=1S/C13H9BrF2N2O/c14-9-3-2-8(6-11(9)16)18-13(19)7-1-4-10(15)12(17)5-7/h1-6H,17H2,(H,18,19). The molecule has 2 aromatic rings. The van der Waals surface area contributed by atoms with Gasteiger partial charge >= 0.3 is 0 Å². The zero-order chi connectivity index (χ0) is 14.0. The van der Waals surface area contributed by atoms with Crippen LogP contribution in [0.3, 0.4) is 0 Å². The quantitative estimate of drug-likeness (QED) is 0.829. The van der Waals surface area contributed by atoms with Gasteiger partial charge < -0.3 is 11.1 Å². The summed E-state index contributed by atoms with van der Waals surface area (Å²) < 4.78 is 26.6. The fourth-order valence-electron chi connectivity index (χ4n) is 1.46. The second-order valence-corrected chi connectivity index (χ2v) is 4.67. The van der Waals surface area contributed by atoms with Gasteiger partial charge in [0.25, 0.3) is 5.91 Å². The maximum absolute atomic E-state index is 13.3. The van der Waals surface area contributed by atoms with Crippen LogP contribution in [0.25, 0.3) is 0 Å². The highest BCUT2D eigenvalue weighted by molar-refractivity contribution is 9.10. The lowest BCUT2D eigenvalue weighted by molar-refractivity contribution is 0.102. The second-order valence-electron chi connectivity index (χ2n) is 3.82. The largest absolute Gasteiger partial charge is 0.396 e. The molecule has 0 saturated heterocycles. The molecule has 0 bridgehead atoms. The zero-order valence-corrected chi connectivity index (χ0v) is 11.2. The Bertz CT molecular complexity index is 647. The van der Waals surface area contributed by atoms with E-state index in [0.29, 0.717) is 10.2 Å². The van der Waals surface area contributed by atoms with Gasteiger partial charge in [-0.15, -0.1) is 0 Å². The molecule has 0 unspecified atom stereocenters. The Morgan fingerprint density at radius 2 is 1.84 bits per heavy atom. The summed E-state index contributed by atoms with van der Waals surface area (Å²) in [5.41, 5.74) is 5.75. The minimum atomic E-state index is -0.591. The number of hydrogen-bond acceptors (Lipinski definition) is 2. The van der Waals surface area contributed by atoms with Crippen molar-refractivity contribution in [3.05, 3.63) is 58.1 Å². The van der Waals surface area contributed by atoms with Crippen molar-refractivity contribution in [1.82, 2.24) is 0 Å². The smallest absolute Gasteiger partial charge is 0.255 e. The SMILES string of the molecule is Nc1cc(C(=O)Nc2ccc(Br)c(F)c2)ccc1F. The Labute approximate surface area is 116 Å². The van der Waals surface area contributed by atoms with E-state index in [1.54, 1.807) is 0 Å². The van der Waals surface area contributed by atoms with Gasteiger partial charge in [-0.25, -0.2) is 8.78 Å². The lowest BCUT2D eigenvalue weighted by Gasteiger charge is -2.07. The van der Waals surface area contributed by atoms with Gasteiger partial charge in [-0.3, -0.25) is 4.79 Å². The van der Waals surface area contributed by atoms with Crippen LogP contribution in [0, 0.1) is 11.6 Å². The number of nitrogens with two attached hydrogens (primary N) is 1. The van der Waals surface area contributed by atoms with Gasteiger partial charge in [-0.1, -0.05) is 0 Å². The minimum Gasteiger partial charge on any atom is -0.396 e. The molecule has 0 radical (unpaired) electrons. The summed E-state index contributed by atoms with van der Waals surface area (Å²) in [6.07, 6.45) is 0. The van der Waals surface area contributed by atoms with Crippen molar-refractivity contribution in [1.29, 1.82) is 0 Å². The fourth-order valence-corrected chi connectivity index (χ4v) is 1.71. The van der Waals surface area contributed by atoms with E-state index in [1.807, 2.05) is 0 Å². The van der Waals surface area contributed by atoms with Crippen molar-refractivity contribution in [2.24, 2.45) is 0 Å². The molecular weight excluding hydrogens is 318 g/mol. The van der Waals surface area contributed by atoms with Crippen LogP contribution in [0.4, 0.5) is 20.2 Å². The lowest BCUT2D eigenvalue weighted by atomic mass is 10.2. The van der Waals surface area contributed by atoms with Crippen molar-refractivity contribution in [3.8, 4) is 0 Å². The average Bonchev–Trinajstić information content (AvgIpc) is 2.37. The second kappa shape index (κ2) is 5.36. The molecule has 0 aliphatic heterocycles. The molecule has 3 N–H and O–H groups in total. The first kappa shape index (κ1) is 13.5. The molecule has 0 spiro atoms. The molecule has 1 amide bonds. The van der Waals surface area contributed by atoms with Crippen LogP contribution in [0.2, 0.25) is 0 Å². The number of anilines is 2. The predicted octanol–water partition coefficient (Wildman–Crippen LogP) is 3.56. The van der Waals surface area contributed by atoms with Gasteiger partial charge in [0.2, 0.25) is 0 Å². The number of amides is 1. The number of halogens is 3. The highest BCUT2D eigenvalue weighted by Gasteiger charge is 2.09. The van der Waals surface area contributed by atoms with Crippen LogP contribution in [0.15, 0.2) is 40.9 Å². The number of benzene rings is 2. The minimum absolute atomic E-state index is 0.116. The van der Waals surface area contributed by atoms with Gasteiger partial charge in [-0.05, 0) is 52.3 Å². The van der Waals surface area contributed by atoms with Gasteiger partial charge in [0.1, 0.15) is 11.6 Å². The van der Waals surface area contributed by atoms with Crippen molar-refractivity contribution >= 4 is 33.2 Å². The fraction of sp³-hybridized carbons (Fsp3) is 0. The molecule has 0 aromatic heterocycles. The molecule has 0 heterocycles. The Hall–Kier alpha value is -1.95. The Morgan fingerprint density at radius 3 is 2.47 bits per heavy atom. The molecule has 0 saturated carbocycles. The highest BCUT2D eigenvalue weighted by Crippen LogP contribution is 2.20. The molecule has 6 heteroatoms. The normalized spacial score (nSPS) is 10.3. The van der Waals surface area contributed by atoms with Crippen molar-refractivity contribution in [3.63, 3.8) is 0 Å². The number of nitrogens with one attached hydrogen (secondary N) is 1. The summed E-state index contributed by atoms with van der Waals surface area (Å²) in [5, 5.41) is 2.50. The molecule has 0 atom stereocenters. The van der Waals surface area contributed by atoms with Crippen LogP contribution < -0.4 is 11.1 Å². The van der Waals surface area contributed by atoms with E-state index in [-0.39, 0.29) is 11.3 Å². The van der Waals surface area contributed by atoms with E-state index >= 15 is 0 Å². The van der Waals surface area contributed by atoms with Crippen LogP contribution >= 0.6 is 15.9 Å². The first-order chi connectivity index (χ1) is 8.97. The van der Waals surface area contributed by atoms with Crippen LogP contribution in [0.5, 0.6) is 0 Å². The highest BCUT2D eigenvalue weighted by atomic mass is 79.9. The Balaban J connectivity index is 2.20. The molecule has 98 valence electrons. The molecule has 19 heavy (non-hydrogen) atoms. The average molecular weight is 327 g/mol. The predicted molar refractivity (Wildman–Crippen MR) is 72.9 cm³/mol. The van der Waals surface area contributed by atoms with E-state index in [4.69, 9.17) is 5.73 Å². The number of nitrogen functional groups attached to an aromatic ring is 1. The van der Waals surface area contributed by atoms with E-state index in [9.17, 15) is 13.6 Å². The van der Waals surface area contributed by atoms with Crippen molar-refractivity contribution in [2.75, 3.05) is 11.1 Å². The van der Waals surface area contributed by atoms with Crippen molar-refractivity contribution in [2.45, 2.75) is 0 Å². The van der Waals surface area contributed by atoms with E-state index in [0.717, 1.165) is 6.07 Å². The van der Waals surface area contributed by atoms with E-state index in [2.05, 4.69) is 21.2 Å². The first-order valence-electron chi connectivity index (χ1n) is 5.29. The first-order valence-corrected chi connectivity index (χ1v) is 6.08. The molecular formula is C13H9BrF2N2O. The van der Waals surface area contributed by atoms with Crippen molar-refractivity contribution < 1.29 is 13.6 Å². The van der Waals surface area contributed by atoms with Crippen LogP contribution in [-0.2, 0) is 0 Å². The third-order valence-electron chi connectivity index (χ3n) is 2.44. The molecule has 2 rings (SSSR count). The summed E-state index contributed by atoms with van der Waals surface area (Å²) in [7, 11) is 0. The Kier molecular flexibility index (Phi) is 3.80. The van der Waals surface area contributed by atoms with Gasteiger partial charge in [0, 0.05) is 11.3 Å². The zero-order valence-electron chi connectivity index (χ0n) is 9.58. The Morgan fingerprint density at radius 1 is 1.11 bits per heavy atom. The molecule has 2 aromatic carbocycles. The maximum Gasteiger partial charge on any atom is 0.255 e. The molecule has 3 nitrogen and oxygen atoms in total. The summed E-state index contributed by atoms with van der Waals surface area (Å²) >= 11 is 3.01. The summed E-state index contributed by atoms with van der Waals surface area (Å²) in [6, 6.07) is 7.82. The summed E-state index contributed by atoms with van der Waals surface area (Å²) in [6.45, 7) is 0. The summed E-state index contributed by atoms with van der Waals surface area (Å²) in [5.74, 6) is -1.57. The monoisotopic (exact) mass is 326 g/mol.